The number of anilines is 2. The Morgan fingerprint density at radius 1 is 1.14 bits per heavy atom. The Bertz CT molecular complexity index is 985. The van der Waals surface area contributed by atoms with Crippen LogP contribution in [0.5, 0.6) is 0 Å². The molecule has 2 N–H and O–H groups in total. The minimum Gasteiger partial charge on any atom is -0.468 e. The number of fused-ring (bicyclic) bond motifs is 1. The molecule has 0 bridgehead atoms. The van der Waals surface area contributed by atoms with Crippen LogP contribution in [0.3, 0.4) is 0 Å². The van der Waals surface area contributed by atoms with Crippen LogP contribution >= 0.6 is 0 Å². The van der Waals surface area contributed by atoms with Gasteiger partial charge in [-0.2, -0.15) is 0 Å². The summed E-state index contributed by atoms with van der Waals surface area (Å²) in [6.07, 6.45) is 0.517. The summed E-state index contributed by atoms with van der Waals surface area (Å²) < 4.78 is 18.8. The summed E-state index contributed by atoms with van der Waals surface area (Å²) in [5.74, 6) is -2.28. The Hall–Kier alpha value is -3.15. The summed E-state index contributed by atoms with van der Waals surface area (Å²) in [6.45, 7) is 1.87. The Morgan fingerprint density at radius 3 is 2.61 bits per heavy atom. The van der Waals surface area contributed by atoms with Gasteiger partial charge in [-0.1, -0.05) is 31.2 Å². The molecule has 0 fully saturated rings. The third-order valence-corrected chi connectivity index (χ3v) is 5.41. The van der Waals surface area contributed by atoms with Crippen molar-refractivity contribution in [2.45, 2.75) is 19.4 Å². The summed E-state index contributed by atoms with van der Waals surface area (Å²) in [5, 5.41) is 6.73. The number of esters is 1. The number of carbonyl (C=O) groups excluding carboxylic acids is 2. The minimum absolute atomic E-state index is 0.204. The highest BCUT2D eigenvalue weighted by molar-refractivity contribution is 6.11. The standard InChI is InChI=1S/C22H21FN2O3/c1-12-10-17-19(21(26)18(12)22(27)28-2)20(13-6-5-7-14(23)11-13)25-16-9-4-3-8-15(16)24-17/h3-9,11-12,18,20,24-25H,10H2,1-2H3/t12-,18+,20-/m1/s1. The molecule has 0 saturated heterocycles. The molecule has 0 aromatic heterocycles. The molecule has 3 atom stereocenters. The van der Waals surface area contributed by atoms with Crippen molar-refractivity contribution in [2.75, 3.05) is 17.7 Å². The van der Waals surface area contributed by atoms with E-state index < -0.39 is 17.9 Å². The fraction of sp³-hybridized carbons (Fsp3) is 0.273. The molecule has 0 amide bonds. The van der Waals surface area contributed by atoms with E-state index in [1.54, 1.807) is 12.1 Å². The van der Waals surface area contributed by atoms with E-state index >= 15 is 0 Å². The Labute approximate surface area is 162 Å². The zero-order valence-corrected chi connectivity index (χ0v) is 15.7. The maximum Gasteiger partial charge on any atom is 0.316 e. The Kier molecular flexibility index (Phi) is 4.63. The molecule has 5 nitrogen and oxygen atoms in total. The van der Waals surface area contributed by atoms with Crippen LogP contribution in [0.2, 0.25) is 0 Å². The maximum atomic E-state index is 13.9. The molecule has 2 aliphatic rings. The van der Waals surface area contributed by atoms with Gasteiger partial charge in [0.2, 0.25) is 0 Å². The number of ketones is 1. The second-order valence-corrected chi connectivity index (χ2v) is 7.24. The van der Waals surface area contributed by atoms with E-state index in [0.717, 1.165) is 17.1 Å². The molecule has 28 heavy (non-hydrogen) atoms. The molecule has 0 spiro atoms. The lowest BCUT2D eigenvalue weighted by Crippen LogP contribution is -2.39. The number of para-hydroxylation sites is 2. The number of methoxy groups -OCH3 is 1. The Balaban J connectivity index is 1.88. The molecule has 1 aliphatic carbocycles. The molecule has 2 aromatic carbocycles. The summed E-state index contributed by atoms with van der Waals surface area (Å²) in [6, 6.07) is 13.2. The second-order valence-electron chi connectivity index (χ2n) is 7.24. The predicted molar refractivity (Wildman–Crippen MR) is 104 cm³/mol. The number of hydrogen-bond donors (Lipinski definition) is 2. The van der Waals surface area contributed by atoms with E-state index in [1.165, 1.54) is 19.2 Å². The molecule has 144 valence electrons. The van der Waals surface area contributed by atoms with Crippen LogP contribution in [0.25, 0.3) is 0 Å². The molecule has 0 radical (unpaired) electrons. The molecule has 0 unspecified atom stereocenters. The monoisotopic (exact) mass is 380 g/mol. The SMILES string of the molecule is COC(=O)[C@@H]1C(=O)C2=C(C[C@H]1C)Nc1ccccc1N[C@@H]2c1cccc(F)c1. The van der Waals surface area contributed by atoms with Crippen molar-refractivity contribution in [3.8, 4) is 0 Å². The highest BCUT2D eigenvalue weighted by Gasteiger charge is 2.44. The van der Waals surface area contributed by atoms with Crippen molar-refractivity contribution in [2.24, 2.45) is 11.8 Å². The lowest BCUT2D eigenvalue weighted by atomic mass is 9.75. The lowest BCUT2D eigenvalue weighted by molar-refractivity contribution is -0.151. The van der Waals surface area contributed by atoms with Crippen LogP contribution < -0.4 is 10.6 Å². The number of halogens is 1. The fourth-order valence-corrected chi connectivity index (χ4v) is 4.07. The molecule has 1 aliphatic heterocycles. The number of Topliss-reactive ketones (excluding diaryl/α,β-unsaturated/α-hetero) is 1. The molecule has 0 saturated carbocycles. The van der Waals surface area contributed by atoms with E-state index in [1.807, 2.05) is 31.2 Å². The topological polar surface area (TPSA) is 67.4 Å². The quantitative estimate of drug-likeness (QED) is 0.608. The minimum atomic E-state index is -0.871. The van der Waals surface area contributed by atoms with Gasteiger partial charge in [-0.15, -0.1) is 0 Å². The number of allylic oxidation sites excluding steroid dienone is 1. The van der Waals surface area contributed by atoms with E-state index in [-0.39, 0.29) is 17.5 Å². The number of hydrogen-bond acceptors (Lipinski definition) is 5. The summed E-state index contributed by atoms with van der Waals surface area (Å²) in [7, 11) is 1.29. The third-order valence-electron chi connectivity index (χ3n) is 5.41. The average Bonchev–Trinajstić information content (AvgIpc) is 2.84. The van der Waals surface area contributed by atoms with Crippen molar-refractivity contribution >= 4 is 23.1 Å². The molecular formula is C22H21FN2O3. The number of ether oxygens (including phenoxy) is 1. The highest BCUT2D eigenvalue weighted by Crippen LogP contribution is 2.43. The second kappa shape index (κ2) is 7.11. The van der Waals surface area contributed by atoms with Crippen molar-refractivity contribution < 1.29 is 18.7 Å². The fourth-order valence-electron chi connectivity index (χ4n) is 4.07. The summed E-state index contributed by atoms with van der Waals surface area (Å²) >= 11 is 0. The summed E-state index contributed by atoms with van der Waals surface area (Å²) in [5.41, 5.74) is 3.48. The van der Waals surface area contributed by atoms with Crippen molar-refractivity contribution in [1.29, 1.82) is 0 Å². The van der Waals surface area contributed by atoms with Gasteiger partial charge in [0.15, 0.2) is 5.78 Å². The number of nitrogens with one attached hydrogen (secondary N) is 2. The van der Waals surface area contributed by atoms with Gasteiger partial charge in [0.25, 0.3) is 0 Å². The normalized spacial score (nSPS) is 23.7. The number of benzene rings is 2. The van der Waals surface area contributed by atoms with Crippen LogP contribution in [0.4, 0.5) is 15.8 Å². The van der Waals surface area contributed by atoms with E-state index in [4.69, 9.17) is 4.74 Å². The maximum absolute atomic E-state index is 13.9. The van der Waals surface area contributed by atoms with Gasteiger partial charge in [0.05, 0.1) is 24.5 Å². The number of rotatable bonds is 2. The van der Waals surface area contributed by atoms with E-state index in [0.29, 0.717) is 17.6 Å². The first-order valence-corrected chi connectivity index (χ1v) is 9.22. The van der Waals surface area contributed by atoms with Crippen molar-refractivity contribution in [1.82, 2.24) is 0 Å². The third kappa shape index (κ3) is 3.05. The van der Waals surface area contributed by atoms with Crippen molar-refractivity contribution in [3.05, 3.63) is 71.2 Å². The van der Waals surface area contributed by atoms with Gasteiger partial charge in [-0.3, -0.25) is 9.59 Å². The van der Waals surface area contributed by atoms with Gasteiger partial charge < -0.3 is 15.4 Å². The predicted octanol–water partition coefficient (Wildman–Crippen LogP) is 4.06. The first-order chi connectivity index (χ1) is 13.5. The molecule has 1 heterocycles. The first kappa shape index (κ1) is 18.2. The highest BCUT2D eigenvalue weighted by atomic mass is 19.1. The largest absolute Gasteiger partial charge is 0.468 e. The zero-order valence-electron chi connectivity index (χ0n) is 15.7. The van der Waals surface area contributed by atoms with Crippen LogP contribution in [-0.4, -0.2) is 18.9 Å². The first-order valence-electron chi connectivity index (χ1n) is 9.22. The molecule has 2 aromatic rings. The van der Waals surface area contributed by atoms with Gasteiger partial charge in [-0.05, 0) is 42.2 Å². The van der Waals surface area contributed by atoms with Crippen LogP contribution in [-0.2, 0) is 14.3 Å². The Morgan fingerprint density at radius 2 is 1.89 bits per heavy atom. The zero-order chi connectivity index (χ0) is 19.8. The van der Waals surface area contributed by atoms with E-state index in [9.17, 15) is 14.0 Å². The van der Waals surface area contributed by atoms with Gasteiger partial charge in [0, 0.05) is 11.3 Å². The van der Waals surface area contributed by atoms with Crippen LogP contribution in [0.15, 0.2) is 59.8 Å². The van der Waals surface area contributed by atoms with Crippen LogP contribution in [0.1, 0.15) is 24.9 Å². The molecule has 6 heteroatoms. The molecular weight excluding hydrogens is 359 g/mol. The molecule has 4 rings (SSSR count). The van der Waals surface area contributed by atoms with Gasteiger partial charge in [-0.25, -0.2) is 4.39 Å². The van der Waals surface area contributed by atoms with Gasteiger partial charge >= 0.3 is 5.97 Å². The summed E-state index contributed by atoms with van der Waals surface area (Å²) in [4.78, 5) is 25.7. The number of carbonyl (C=O) groups is 2. The average molecular weight is 380 g/mol. The van der Waals surface area contributed by atoms with Crippen molar-refractivity contribution in [3.63, 3.8) is 0 Å². The lowest BCUT2D eigenvalue weighted by Gasteiger charge is -2.32. The van der Waals surface area contributed by atoms with Crippen LogP contribution in [0, 0.1) is 17.7 Å². The smallest absolute Gasteiger partial charge is 0.316 e. The van der Waals surface area contributed by atoms with Gasteiger partial charge in [0.1, 0.15) is 11.7 Å². The van der Waals surface area contributed by atoms with E-state index in [2.05, 4.69) is 10.6 Å².